The van der Waals surface area contributed by atoms with Crippen LogP contribution < -0.4 is 0 Å². The van der Waals surface area contributed by atoms with Gasteiger partial charge >= 0.3 is 0 Å². The van der Waals surface area contributed by atoms with Gasteiger partial charge in [-0.2, -0.15) is 0 Å². The van der Waals surface area contributed by atoms with Gasteiger partial charge in [0.1, 0.15) is 0 Å². The molecule has 0 radical (unpaired) electrons. The van der Waals surface area contributed by atoms with Gasteiger partial charge in [-0.1, -0.05) is 83.6 Å². The molecule has 16 heavy (non-hydrogen) atoms. The SMILES string of the molecule is C=C(C)/C(C)=C\C.CC.CCCCCCC. The highest BCUT2D eigenvalue weighted by atomic mass is 13.9. The van der Waals surface area contributed by atoms with Crippen molar-refractivity contribution >= 4 is 0 Å². The molecule has 0 bridgehead atoms. The topological polar surface area (TPSA) is 0 Å². The van der Waals surface area contributed by atoms with Gasteiger partial charge in [0.25, 0.3) is 0 Å². The Morgan fingerprint density at radius 3 is 1.44 bits per heavy atom. The Bertz CT molecular complexity index is 147. The van der Waals surface area contributed by atoms with Crippen LogP contribution in [0.1, 0.15) is 80.6 Å². The van der Waals surface area contributed by atoms with Crippen LogP contribution in [-0.4, -0.2) is 0 Å². The Labute approximate surface area is 105 Å². The Morgan fingerprint density at radius 1 is 0.938 bits per heavy atom. The van der Waals surface area contributed by atoms with Crippen LogP contribution in [0, 0.1) is 0 Å². The summed E-state index contributed by atoms with van der Waals surface area (Å²) in [5, 5.41) is 0. The highest BCUT2D eigenvalue weighted by molar-refractivity contribution is 5.22. The first-order valence-electron chi connectivity index (χ1n) is 6.88. The predicted octanol–water partition coefficient (Wildman–Crippen LogP) is 6.53. The van der Waals surface area contributed by atoms with E-state index in [0.29, 0.717) is 0 Å². The van der Waals surface area contributed by atoms with E-state index in [2.05, 4.69) is 33.4 Å². The molecule has 0 aliphatic heterocycles. The molecule has 0 heteroatoms. The number of hydrogen-bond acceptors (Lipinski definition) is 0. The summed E-state index contributed by atoms with van der Waals surface area (Å²) in [6.07, 6.45) is 9.07. The van der Waals surface area contributed by atoms with Crippen molar-refractivity contribution in [2.24, 2.45) is 0 Å². The van der Waals surface area contributed by atoms with E-state index in [9.17, 15) is 0 Å². The molecule has 0 aromatic carbocycles. The van der Waals surface area contributed by atoms with Gasteiger partial charge < -0.3 is 0 Å². The third kappa shape index (κ3) is 23.4. The molecular weight excluding hydrogens is 192 g/mol. The van der Waals surface area contributed by atoms with Gasteiger partial charge in [0.15, 0.2) is 0 Å². The largest absolute Gasteiger partial charge is 0.0959 e. The summed E-state index contributed by atoms with van der Waals surface area (Å²) >= 11 is 0. The lowest BCUT2D eigenvalue weighted by molar-refractivity contribution is 0.656. The van der Waals surface area contributed by atoms with Crippen molar-refractivity contribution in [3.05, 3.63) is 23.8 Å². The fourth-order valence-electron chi connectivity index (χ4n) is 0.923. The fraction of sp³-hybridized carbons (Fsp3) is 0.750. The Hall–Kier alpha value is -0.520. The maximum absolute atomic E-state index is 3.76. The van der Waals surface area contributed by atoms with E-state index < -0.39 is 0 Å². The Kier molecular flexibility index (Phi) is 26.0. The molecule has 0 spiro atoms. The van der Waals surface area contributed by atoms with Gasteiger partial charge in [0.05, 0.1) is 0 Å². The number of unbranched alkanes of at least 4 members (excludes halogenated alkanes) is 4. The lowest BCUT2D eigenvalue weighted by Crippen LogP contribution is -1.71. The van der Waals surface area contributed by atoms with E-state index in [0.717, 1.165) is 5.57 Å². The molecule has 0 fully saturated rings. The summed E-state index contributed by atoms with van der Waals surface area (Å²) in [5.41, 5.74) is 2.43. The van der Waals surface area contributed by atoms with Crippen molar-refractivity contribution in [1.29, 1.82) is 0 Å². The van der Waals surface area contributed by atoms with E-state index in [4.69, 9.17) is 0 Å². The summed E-state index contributed by atoms with van der Waals surface area (Å²) < 4.78 is 0. The first-order valence-corrected chi connectivity index (χ1v) is 6.88. The van der Waals surface area contributed by atoms with Crippen LogP contribution in [0.15, 0.2) is 23.8 Å². The van der Waals surface area contributed by atoms with Crippen molar-refractivity contribution < 1.29 is 0 Å². The highest BCUT2D eigenvalue weighted by Crippen LogP contribution is 2.02. The molecule has 98 valence electrons. The van der Waals surface area contributed by atoms with Crippen LogP contribution in [0.2, 0.25) is 0 Å². The summed E-state index contributed by atoms with van der Waals surface area (Å²) in [4.78, 5) is 0. The standard InChI is InChI=1S/C7H12.C7H16.C2H6/c1-5-7(4)6(2)3;1-3-5-7-6-4-2;1-2/h5H,2H2,1,3-4H3;3-7H2,1-2H3;1-2H3/b7-5-;;. The average molecular weight is 226 g/mol. The van der Waals surface area contributed by atoms with Gasteiger partial charge in [0.2, 0.25) is 0 Å². The molecule has 0 atom stereocenters. The van der Waals surface area contributed by atoms with E-state index in [1.807, 2.05) is 27.7 Å². The van der Waals surface area contributed by atoms with E-state index in [-0.39, 0.29) is 0 Å². The van der Waals surface area contributed by atoms with Crippen LogP contribution in [0.4, 0.5) is 0 Å². The van der Waals surface area contributed by atoms with Gasteiger partial charge in [-0.15, -0.1) is 0 Å². The zero-order valence-electron chi connectivity index (χ0n) is 12.8. The number of hydrogen-bond donors (Lipinski definition) is 0. The first-order chi connectivity index (χ1) is 7.59. The zero-order chi connectivity index (χ0) is 13.4. The molecule has 0 aromatic rings. The normalized spacial score (nSPS) is 9.56. The summed E-state index contributed by atoms with van der Waals surface area (Å²) in [6, 6.07) is 0. The zero-order valence-corrected chi connectivity index (χ0v) is 12.8. The van der Waals surface area contributed by atoms with Gasteiger partial charge in [0, 0.05) is 0 Å². The molecule has 0 saturated heterocycles. The van der Waals surface area contributed by atoms with E-state index >= 15 is 0 Å². The van der Waals surface area contributed by atoms with Gasteiger partial charge in [-0.25, -0.2) is 0 Å². The summed E-state index contributed by atoms with van der Waals surface area (Å²) in [7, 11) is 0. The van der Waals surface area contributed by atoms with Crippen LogP contribution in [-0.2, 0) is 0 Å². The van der Waals surface area contributed by atoms with E-state index in [1.165, 1.54) is 37.7 Å². The molecular formula is C16H34. The second kappa shape index (κ2) is 20.0. The van der Waals surface area contributed by atoms with Crippen molar-refractivity contribution in [2.75, 3.05) is 0 Å². The Morgan fingerprint density at radius 2 is 1.31 bits per heavy atom. The molecule has 0 heterocycles. The number of allylic oxidation sites excluding steroid dienone is 3. The van der Waals surface area contributed by atoms with Crippen LogP contribution in [0.5, 0.6) is 0 Å². The van der Waals surface area contributed by atoms with Crippen molar-refractivity contribution in [2.45, 2.75) is 80.6 Å². The molecule has 0 nitrogen and oxygen atoms in total. The van der Waals surface area contributed by atoms with Gasteiger partial charge in [-0.3, -0.25) is 0 Å². The third-order valence-electron chi connectivity index (χ3n) is 2.31. The second-order valence-electron chi connectivity index (χ2n) is 3.81. The maximum Gasteiger partial charge on any atom is -0.0399 e. The van der Waals surface area contributed by atoms with Crippen molar-refractivity contribution in [3.8, 4) is 0 Å². The van der Waals surface area contributed by atoms with Crippen LogP contribution >= 0.6 is 0 Å². The molecule has 0 unspecified atom stereocenters. The monoisotopic (exact) mass is 226 g/mol. The molecule has 0 rings (SSSR count). The molecule has 0 amide bonds. The molecule has 0 saturated carbocycles. The predicted molar refractivity (Wildman–Crippen MR) is 80.0 cm³/mol. The van der Waals surface area contributed by atoms with Gasteiger partial charge in [-0.05, 0) is 20.8 Å². The maximum atomic E-state index is 3.76. The quantitative estimate of drug-likeness (QED) is 0.369. The Balaban J connectivity index is -0.000000183. The third-order valence-corrected chi connectivity index (χ3v) is 2.31. The molecule has 0 aliphatic carbocycles. The fourth-order valence-corrected chi connectivity index (χ4v) is 0.923. The van der Waals surface area contributed by atoms with Crippen LogP contribution in [0.25, 0.3) is 0 Å². The molecule has 0 aromatic heterocycles. The van der Waals surface area contributed by atoms with Crippen molar-refractivity contribution in [3.63, 3.8) is 0 Å². The summed E-state index contributed by atoms with van der Waals surface area (Å²) in [6.45, 7) is 18.3. The second-order valence-corrected chi connectivity index (χ2v) is 3.81. The minimum atomic E-state index is 1.16. The lowest BCUT2D eigenvalue weighted by atomic mass is 10.2. The van der Waals surface area contributed by atoms with Crippen LogP contribution in [0.3, 0.4) is 0 Å². The summed E-state index contributed by atoms with van der Waals surface area (Å²) in [5.74, 6) is 0. The molecule has 0 N–H and O–H groups in total. The molecule has 0 aliphatic rings. The van der Waals surface area contributed by atoms with Crippen molar-refractivity contribution in [1.82, 2.24) is 0 Å². The number of rotatable bonds is 5. The average Bonchev–Trinajstić information content (AvgIpc) is 2.32. The smallest absolute Gasteiger partial charge is 0.0399 e. The minimum absolute atomic E-state index is 1.16. The van der Waals surface area contributed by atoms with E-state index in [1.54, 1.807) is 0 Å². The highest BCUT2D eigenvalue weighted by Gasteiger charge is 1.81. The lowest BCUT2D eigenvalue weighted by Gasteiger charge is -1.92. The minimum Gasteiger partial charge on any atom is -0.0959 e. The first kappa shape index (κ1) is 20.8.